The van der Waals surface area contributed by atoms with Crippen LogP contribution in [-0.4, -0.2) is 46.7 Å². The number of nitrogens with one attached hydrogen (secondary N) is 1. The summed E-state index contributed by atoms with van der Waals surface area (Å²) >= 11 is 0. The lowest BCUT2D eigenvalue weighted by Gasteiger charge is -2.40. The summed E-state index contributed by atoms with van der Waals surface area (Å²) in [7, 11) is 0. The molecule has 30 heavy (non-hydrogen) atoms. The number of fused-ring (bicyclic) bond motifs is 1. The molecule has 1 aliphatic heterocycles. The Morgan fingerprint density at radius 2 is 1.87 bits per heavy atom. The van der Waals surface area contributed by atoms with Gasteiger partial charge in [0.15, 0.2) is 0 Å². The maximum absolute atomic E-state index is 14.4. The number of carbonyl (C=O) groups excluding carboxylic acids is 1. The van der Waals surface area contributed by atoms with Crippen LogP contribution in [0.2, 0.25) is 0 Å². The van der Waals surface area contributed by atoms with E-state index < -0.39 is 30.4 Å². The van der Waals surface area contributed by atoms with Crippen LogP contribution in [0.5, 0.6) is 0 Å². The van der Waals surface area contributed by atoms with E-state index in [-0.39, 0.29) is 23.6 Å². The molecule has 0 unspecified atom stereocenters. The van der Waals surface area contributed by atoms with Crippen molar-refractivity contribution in [3.05, 3.63) is 35.8 Å². The van der Waals surface area contributed by atoms with Crippen LogP contribution in [0.25, 0.3) is 10.9 Å². The van der Waals surface area contributed by atoms with E-state index in [1.165, 1.54) is 23.2 Å². The smallest absolute Gasteiger partial charge is 0.282 e. The van der Waals surface area contributed by atoms with Crippen LogP contribution in [0.3, 0.4) is 0 Å². The summed E-state index contributed by atoms with van der Waals surface area (Å²) in [5.74, 6) is -3.45. The van der Waals surface area contributed by atoms with Crippen molar-refractivity contribution in [2.75, 3.05) is 18.0 Å². The van der Waals surface area contributed by atoms with Gasteiger partial charge in [-0.1, -0.05) is 0 Å². The summed E-state index contributed by atoms with van der Waals surface area (Å²) in [5.41, 5.74) is 0.159. The van der Waals surface area contributed by atoms with Crippen molar-refractivity contribution in [2.45, 2.75) is 57.1 Å². The molecular formula is C22H26F3N3O2. The number of anilines is 1. The molecule has 2 aromatic rings. The van der Waals surface area contributed by atoms with Gasteiger partial charge in [0.05, 0.1) is 35.5 Å². The summed E-state index contributed by atoms with van der Waals surface area (Å²) in [6.45, 7) is 2.61. The molecule has 2 aliphatic rings. The third-order valence-corrected chi connectivity index (χ3v) is 6.26. The van der Waals surface area contributed by atoms with Gasteiger partial charge in [0.1, 0.15) is 5.82 Å². The highest BCUT2D eigenvalue weighted by molar-refractivity contribution is 5.97. The molecule has 1 aromatic carbocycles. The van der Waals surface area contributed by atoms with Crippen molar-refractivity contribution < 1.29 is 23.1 Å². The fourth-order valence-electron chi connectivity index (χ4n) is 4.40. The molecule has 1 aromatic heterocycles. The van der Waals surface area contributed by atoms with Crippen molar-refractivity contribution in [3.63, 3.8) is 0 Å². The van der Waals surface area contributed by atoms with Gasteiger partial charge in [0, 0.05) is 17.6 Å². The minimum atomic E-state index is -2.79. The maximum Gasteiger partial charge on any atom is 0.282 e. The Labute approximate surface area is 173 Å². The van der Waals surface area contributed by atoms with E-state index in [1.54, 1.807) is 6.07 Å². The lowest BCUT2D eigenvalue weighted by molar-refractivity contribution is -0.0265. The summed E-state index contributed by atoms with van der Waals surface area (Å²) in [4.78, 5) is 18.2. The van der Waals surface area contributed by atoms with Crippen molar-refractivity contribution in [1.82, 2.24) is 10.3 Å². The number of benzene rings is 1. The molecule has 162 valence electrons. The van der Waals surface area contributed by atoms with Crippen LogP contribution >= 0.6 is 0 Å². The first-order valence-corrected chi connectivity index (χ1v) is 10.3. The maximum atomic E-state index is 14.4. The predicted octanol–water partition coefficient (Wildman–Crippen LogP) is 3.89. The normalized spacial score (nSPS) is 23.9. The quantitative estimate of drug-likeness (QED) is 0.786. The number of pyridine rings is 1. The largest absolute Gasteiger partial charge is 0.390 e. The lowest BCUT2D eigenvalue weighted by Crippen LogP contribution is -2.56. The molecule has 2 fully saturated rings. The Morgan fingerprint density at radius 3 is 2.47 bits per heavy atom. The summed E-state index contributed by atoms with van der Waals surface area (Å²) in [5, 5.41) is 13.6. The minimum absolute atomic E-state index is 0.0268. The van der Waals surface area contributed by atoms with Gasteiger partial charge in [-0.05, 0) is 63.6 Å². The number of rotatable bonds is 4. The molecule has 0 radical (unpaired) electrons. The molecular weight excluding hydrogens is 395 g/mol. The molecule has 4 rings (SSSR count). The van der Waals surface area contributed by atoms with Gasteiger partial charge in [0.25, 0.3) is 11.8 Å². The molecule has 8 heteroatoms. The average molecular weight is 421 g/mol. The predicted molar refractivity (Wildman–Crippen MR) is 108 cm³/mol. The number of amides is 1. The van der Waals surface area contributed by atoms with E-state index >= 15 is 0 Å². The molecule has 2 heterocycles. The molecule has 1 amide bonds. The van der Waals surface area contributed by atoms with Crippen LogP contribution in [0, 0.1) is 11.7 Å². The zero-order valence-corrected chi connectivity index (χ0v) is 17.1. The minimum Gasteiger partial charge on any atom is -0.390 e. The second kappa shape index (κ2) is 7.41. The van der Waals surface area contributed by atoms with E-state index in [9.17, 15) is 23.1 Å². The SMILES string of the molecule is CC(C)(O)C1CCC(NC(=O)c2cnc3cc(N4CC(F)(F)C4)c(F)cc3c2)CC1. The summed E-state index contributed by atoms with van der Waals surface area (Å²) in [6.07, 6.45) is 4.69. The number of aromatic nitrogens is 1. The van der Waals surface area contributed by atoms with Crippen molar-refractivity contribution in [2.24, 2.45) is 5.92 Å². The second-order valence-electron chi connectivity index (χ2n) is 9.11. The number of halogens is 3. The van der Waals surface area contributed by atoms with Crippen LogP contribution < -0.4 is 10.2 Å². The Kier molecular flexibility index (Phi) is 5.16. The molecule has 5 nitrogen and oxygen atoms in total. The van der Waals surface area contributed by atoms with Gasteiger partial charge in [-0.25, -0.2) is 13.2 Å². The number of alkyl halides is 2. The van der Waals surface area contributed by atoms with E-state index in [0.717, 1.165) is 25.7 Å². The first-order valence-electron chi connectivity index (χ1n) is 10.3. The topological polar surface area (TPSA) is 65.5 Å². The van der Waals surface area contributed by atoms with Crippen LogP contribution in [-0.2, 0) is 0 Å². The van der Waals surface area contributed by atoms with Crippen LogP contribution in [0.4, 0.5) is 18.9 Å². The number of carbonyl (C=O) groups is 1. The van der Waals surface area contributed by atoms with Crippen molar-refractivity contribution in [3.8, 4) is 0 Å². The Balaban J connectivity index is 1.44. The molecule has 2 N–H and O–H groups in total. The monoisotopic (exact) mass is 421 g/mol. The zero-order valence-electron chi connectivity index (χ0n) is 17.1. The van der Waals surface area contributed by atoms with E-state index in [2.05, 4.69) is 10.3 Å². The van der Waals surface area contributed by atoms with E-state index in [1.807, 2.05) is 13.8 Å². The highest BCUT2D eigenvalue weighted by Gasteiger charge is 2.44. The Bertz CT molecular complexity index is 958. The molecule has 1 aliphatic carbocycles. The third kappa shape index (κ3) is 4.24. The summed E-state index contributed by atoms with van der Waals surface area (Å²) in [6, 6.07) is 4.27. The van der Waals surface area contributed by atoms with Gasteiger partial charge < -0.3 is 15.3 Å². The molecule has 1 saturated carbocycles. The van der Waals surface area contributed by atoms with Crippen LogP contribution in [0.1, 0.15) is 49.9 Å². The fraction of sp³-hybridized carbons (Fsp3) is 0.545. The third-order valence-electron chi connectivity index (χ3n) is 6.26. The average Bonchev–Trinajstić information content (AvgIpc) is 2.64. The number of hydrogen-bond acceptors (Lipinski definition) is 4. The van der Waals surface area contributed by atoms with Crippen molar-refractivity contribution in [1.29, 1.82) is 0 Å². The summed E-state index contributed by atoms with van der Waals surface area (Å²) < 4.78 is 40.6. The second-order valence-corrected chi connectivity index (χ2v) is 9.11. The first kappa shape index (κ1) is 20.9. The number of aliphatic hydroxyl groups is 1. The highest BCUT2D eigenvalue weighted by Crippen LogP contribution is 2.35. The Morgan fingerprint density at radius 1 is 1.20 bits per heavy atom. The zero-order chi connectivity index (χ0) is 21.7. The molecule has 0 bridgehead atoms. The van der Waals surface area contributed by atoms with Crippen molar-refractivity contribution >= 4 is 22.5 Å². The van der Waals surface area contributed by atoms with Gasteiger partial charge in [0.2, 0.25) is 0 Å². The van der Waals surface area contributed by atoms with Gasteiger partial charge in [-0.3, -0.25) is 9.78 Å². The fourth-order valence-corrected chi connectivity index (χ4v) is 4.40. The molecule has 0 atom stereocenters. The van der Waals surface area contributed by atoms with Gasteiger partial charge in [-0.15, -0.1) is 0 Å². The number of hydrogen-bond donors (Lipinski definition) is 2. The first-order chi connectivity index (χ1) is 14.0. The lowest BCUT2D eigenvalue weighted by atomic mass is 9.77. The number of nitrogens with zero attached hydrogens (tertiary/aromatic N) is 2. The van der Waals surface area contributed by atoms with Crippen LogP contribution in [0.15, 0.2) is 24.4 Å². The standard InChI is InChI=1S/C22H26F3N3O2/c1-21(2,30)15-3-5-16(6-4-15)27-20(29)14-7-13-8-17(23)19(9-18(13)26-10-14)28-11-22(24,25)12-28/h7-10,15-16,30H,3-6,11-12H2,1-2H3,(H,27,29). The molecule has 1 saturated heterocycles. The van der Waals surface area contributed by atoms with Gasteiger partial charge in [-0.2, -0.15) is 0 Å². The highest BCUT2D eigenvalue weighted by atomic mass is 19.3. The van der Waals surface area contributed by atoms with E-state index in [0.29, 0.717) is 16.5 Å². The Hall–Kier alpha value is -2.35. The molecule has 0 spiro atoms. The van der Waals surface area contributed by atoms with Gasteiger partial charge >= 0.3 is 0 Å². The van der Waals surface area contributed by atoms with E-state index in [4.69, 9.17) is 0 Å².